The number of aliphatic hydroxyl groups is 6. The SMILES string of the molecule is O=C(OC(=O)C(O)CO)c1ccc(C(=O)OC(=O)C(O)CO)c(C(=O)OC(=O)C(O)CO)c1. The second-order valence-corrected chi connectivity index (χ2v) is 5.98. The Morgan fingerprint density at radius 1 is 0.606 bits per heavy atom. The number of carbonyl (C=O) groups is 6. The van der Waals surface area contributed by atoms with Crippen LogP contribution in [0.15, 0.2) is 18.2 Å². The molecule has 0 spiro atoms. The minimum atomic E-state index is -2.14. The van der Waals surface area contributed by atoms with Crippen LogP contribution < -0.4 is 0 Å². The van der Waals surface area contributed by atoms with Gasteiger partial charge in [-0.15, -0.1) is 0 Å². The average Bonchev–Trinajstić information content (AvgIpc) is 2.81. The Morgan fingerprint density at radius 2 is 0.970 bits per heavy atom. The summed E-state index contributed by atoms with van der Waals surface area (Å²) in [4.78, 5) is 71.0. The van der Waals surface area contributed by atoms with Gasteiger partial charge in [-0.25, -0.2) is 28.8 Å². The lowest BCUT2D eigenvalue weighted by Gasteiger charge is -2.12. The molecule has 0 aromatic heterocycles. The molecule has 0 saturated heterocycles. The van der Waals surface area contributed by atoms with E-state index in [1.54, 1.807) is 0 Å². The molecule has 0 saturated carbocycles. The molecule has 6 N–H and O–H groups in total. The Kier molecular flexibility index (Phi) is 10.3. The van der Waals surface area contributed by atoms with E-state index in [0.29, 0.717) is 12.1 Å². The average molecular weight is 474 g/mol. The van der Waals surface area contributed by atoms with Gasteiger partial charge >= 0.3 is 35.8 Å². The summed E-state index contributed by atoms with van der Waals surface area (Å²) < 4.78 is 12.8. The zero-order chi connectivity index (χ0) is 25.3. The largest absolute Gasteiger partial charge is 0.393 e. The first kappa shape index (κ1) is 27.4. The van der Waals surface area contributed by atoms with Crippen LogP contribution in [0.4, 0.5) is 0 Å². The minimum absolute atomic E-state index is 0.561. The number of benzene rings is 1. The molecule has 0 radical (unpaired) electrons. The van der Waals surface area contributed by atoms with Crippen molar-refractivity contribution in [3.63, 3.8) is 0 Å². The molecule has 33 heavy (non-hydrogen) atoms. The van der Waals surface area contributed by atoms with Crippen molar-refractivity contribution in [2.45, 2.75) is 18.3 Å². The fraction of sp³-hybridized carbons (Fsp3) is 0.333. The lowest BCUT2D eigenvalue weighted by molar-refractivity contribution is -0.150. The standard InChI is InChI=1S/C18H18O15/c19-4-10(22)16(28)31-13(25)7-1-2-8(14(26)32-17(29)11(23)5-20)9(3-7)15(27)33-18(30)12(24)6-21/h1-3,10-12,19-24H,4-6H2. The van der Waals surface area contributed by atoms with E-state index in [4.69, 9.17) is 20.4 Å². The van der Waals surface area contributed by atoms with Gasteiger partial charge in [0.05, 0.1) is 36.5 Å². The van der Waals surface area contributed by atoms with Gasteiger partial charge < -0.3 is 44.8 Å². The Balaban J connectivity index is 3.32. The Hall–Kier alpha value is -3.60. The molecular formula is C18H18O15. The van der Waals surface area contributed by atoms with E-state index < -0.39 is 90.6 Å². The number of hydrogen-bond donors (Lipinski definition) is 6. The van der Waals surface area contributed by atoms with E-state index in [-0.39, 0.29) is 0 Å². The van der Waals surface area contributed by atoms with Crippen molar-refractivity contribution in [1.29, 1.82) is 0 Å². The van der Waals surface area contributed by atoms with Crippen LogP contribution in [0.5, 0.6) is 0 Å². The van der Waals surface area contributed by atoms with Crippen LogP contribution in [0.25, 0.3) is 0 Å². The van der Waals surface area contributed by atoms with E-state index in [0.717, 1.165) is 6.07 Å². The predicted molar refractivity (Wildman–Crippen MR) is 97.0 cm³/mol. The highest BCUT2D eigenvalue weighted by Crippen LogP contribution is 2.17. The first-order valence-electron chi connectivity index (χ1n) is 8.75. The van der Waals surface area contributed by atoms with Gasteiger partial charge in [-0.2, -0.15) is 0 Å². The van der Waals surface area contributed by atoms with Crippen LogP contribution in [-0.4, -0.2) is 105 Å². The number of ether oxygens (including phenoxy) is 3. The van der Waals surface area contributed by atoms with E-state index >= 15 is 0 Å². The van der Waals surface area contributed by atoms with Crippen molar-refractivity contribution in [1.82, 2.24) is 0 Å². The van der Waals surface area contributed by atoms with Crippen molar-refractivity contribution in [2.24, 2.45) is 0 Å². The highest BCUT2D eigenvalue weighted by Gasteiger charge is 2.29. The van der Waals surface area contributed by atoms with Gasteiger partial charge in [0.15, 0.2) is 18.3 Å². The molecule has 0 aliphatic heterocycles. The molecule has 3 unspecified atom stereocenters. The molecule has 3 atom stereocenters. The molecule has 0 heterocycles. The zero-order valence-corrected chi connectivity index (χ0v) is 16.4. The summed E-state index contributed by atoms with van der Waals surface area (Å²) in [6.07, 6.45) is -6.31. The molecule has 1 rings (SSSR count). The van der Waals surface area contributed by atoms with E-state index in [2.05, 4.69) is 14.2 Å². The summed E-state index contributed by atoms with van der Waals surface area (Å²) in [5.41, 5.74) is -2.34. The monoisotopic (exact) mass is 474 g/mol. The summed E-state index contributed by atoms with van der Waals surface area (Å²) in [5.74, 6) is -9.56. The lowest BCUT2D eigenvalue weighted by Crippen LogP contribution is -2.31. The number of aliphatic hydroxyl groups excluding tert-OH is 6. The fourth-order valence-corrected chi connectivity index (χ4v) is 1.89. The van der Waals surface area contributed by atoms with Gasteiger partial charge in [0.1, 0.15) is 0 Å². The first-order chi connectivity index (χ1) is 15.5. The normalized spacial score (nSPS) is 13.3. The maximum absolute atomic E-state index is 12.3. The summed E-state index contributed by atoms with van der Waals surface area (Å²) >= 11 is 0. The topological polar surface area (TPSA) is 251 Å². The smallest absolute Gasteiger partial charge is 0.346 e. The molecule has 15 nitrogen and oxygen atoms in total. The quantitative estimate of drug-likeness (QED) is 0.113. The maximum atomic E-state index is 12.3. The van der Waals surface area contributed by atoms with E-state index in [1.165, 1.54) is 0 Å². The molecule has 0 bridgehead atoms. The fourth-order valence-electron chi connectivity index (χ4n) is 1.89. The summed E-state index contributed by atoms with van der Waals surface area (Å²) in [7, 11) is 0. The van der Waals surface area contributed by atoms with Crippen LogP contribution in [0.3, 0.4) is 0 Å². The van der Waals surface area contributed by atoms with Gasteiger partial charge in [-0.3, -0.25) is 0 Å². The van der Waals surface area contributed by atoms with Crippen LogP contribution in [0, 0.1) is 0 Å². The third kappa shape index (κ3) is 7.49. The van der Waals surface area contributed by atoms with Gasteiger partial charge in [0.2, 0.25) is 0 Å². The number of esters is 6. The first-order valence-corrected chi connectivity index (χ1v) is 8.75. The van der Waals surface area contributed by atoms with Crippen LogP contribution in [0.2, 0.25) is 0 Å². The summed E-state index contributed by atoms with van der Waals surface area (Å²) in [6.45, 7) is -3.30. The molecule has 1 aromatic rings. The molecule has 0 amide bonds. The van der Waals surface area contributed by atoms with Crippen LogP contribution in [0.1, 0.15) is 31.1 Å². The number of carbonyl (C=O) groups excluding carboxylic acids is 6. The van der Waals surface area contributed by atoms with Crippen molar-refractivity contribution in [3.05, 3.63) is 34.9 Å². The van der Waals surface area contributed by atoms with Crippen molar-refractivity contribution in [3.8, 4) is 0 Å². The highest BCUT2D eigenvalue weighted by molar-refractivity contribution is 6.10. The lowest BCUT2D eigenvalue weighted by atomic mass is 10.0. The maximum Gasteiger partial charge on any atom is 0.346 e. The number of rotatable bonds is 9. The molecule has 0 aliphatic carbocycles. The van der Waals surface area contributed by atoms with Crippen molar-refractivity contribution >= 4 is 35.8 Å². The molecule has 1 aromatic carbocycles. The third-order valence-corrected chi connectivity index (χ3v) is 3.61. The zero-order valence-electron chi connectivity index (χ0n) is 16.4. The molecular weight excluding hydrogens is 456 g/mol. The van der Waals surface area contributed by atoms with Crippen LogP contribution >= 0.6 is 0 Å². The van der Waals surface area contributed by atoms with E-state index in [9.17, 15) is 39.0 Å². The second-order valence-electron chi connectivity index (χ2n) is 5.98. The Morgan fingerprint density at radius 3 is 1.36 bits per heavy atom. The minimum Gasteiger partial charge on any atom is -0.393 e. The summed E-state index contributed by atoms with van der Waals surface area (Å²) in [6, 6.07) is 2.06. The van der Waals surface area contributed by atoms with E-state index in [1.807, 2.05) is 0 Å². The molecule has 180 valence electrons. The Bertz CT molecular complexity index is 937. The molecule has 0 fully saturated rings. The van der Waals surface area contributed by atoms with Gasteiger partial charge in [0, 0.05) is 0 Å². The van der Waals surface area contributed by atoms with Gasteiger partial charge in [-0.1, -0.05) is 0 Å². The second kappa shape index (κ2) is 12.4. The van der Waals surface area contributed by atoms with Gasteiger partial charge in [-0.05, 0) is 18.2 Å². The Labute approximate surface area is 183 Å². The predicted octanol–water partition coefficient (Wildman–Crippen LogP) is -4.20. The molecule has 0 aliphatic rings. The van der Waals surface area contributed by atoms with Crippen molar-refractivity contribution in [2.75, 3.05) is 19.8 Å². The summed E-state index contributed by atoms with van der Waals surface area (Å²) in [5, 5.41) is 53.6. The number of hydrogen-bond acceptors (Lipinski definition) is 15. The molecule has 15 heteroatoms. The van der Waals surface area contributed by atoms with Crippen molar-refractivity contribution < 1.29 is 73.6 Å². The third-order valence-electron chi connectivity index (χ3n) is 3.61. The van der Waals surface area contributed by atoms with Crippen LogP contribution in [-0.2, 0) is 28.6 Å². The van der Waals surface area contributed by atoms with Gasteiger partial charge in [0.25, 0.3) is 0 Å². The highest BCUT2D eigenvalue weighted by atomic mass is 16.6.